The predicted octanol–water partition coefficient (Wildman–Crippen LogP) is 2.55. The molecule has 2 saturated heterocycles. The van der Waals surface area contributed by atoms with Crippen LogP contribution in [0.25, 0.3) is 22.3 Å². The summed E-state index contributed by atoms with van der Waals surface area (Å²) in [4.78, 5) is 4.96. The molecule has 0 aliphatic carbocycles. The van der Waals surface area contributed by atoms with Crippen LogP contribution in [0.1, 0.15) is 26.3 Å². The first kappa shape index (κ1) is 22.1. The number of aliphatic hydroxyl groups is 1. The van der Waals surface area contributed by atoms with Crippen molar-refractivity contribution in [1.82, 2.24) is 14.8 Å². The zero-order chi connectivity index (χ0) is 22.9. The molecular formula is C24H31N5O4. The van der Waals surface area contributed by atoms with Gasteiger partial charge in [0.1, 0.15) is 18.5 Å². The number of hydrogen-bond donors (Lipinski definition) is 3. The average molecular weight is 454 g/mol. The smallest absolute Gasteiger partial charge is 0.162 e. The normalized spacial score (nSPS) is 23.2. The maximum absolute atomic E-state index is 9.72. The molecule has 2 aliphatic heterocycles. The third kappa shape index (κ3) is 4.41. The molecule has 1 aromatic carbocycles. The Labute approximate surface area is 192 Å². The molecule has 2 aromatic heterocycles. The van der Waals surface area contributed by atoms with E-state index >= 15 is 0 Å². The van der Waals surface area contributed by atoms with Crippen molar-refractivity contribution in [2.45, 2.75) is 44.7 Å². The van der Waals surface area contributed by atoms with Gasteiger partial charge in [-0.3, -0.25) is 0 Å². The molecule has 33 heavy (non-hydrogen) atoms. The third-order valence-electron chi connectivity index (χ3n) is 6.28. The van der Waals surface area contributed by atoms with Gasteiger partial charge < -0.3 is 30.4 Å². The van der Waals surface area contributed by atoms with E-state index < -0.39 is 6.10 Å². The van der Waals surface area contributed by atoms with Gasteiger partial charge in [-0.1, -0.05) is 12.1 Å². The van der Waals surface area contributed by atoms with Crippen molar-refractivity contribution in [3.8, 4) is 17.0 Å². The molecule has 3 aromatic rings. The molecule has 4 heterocycles. The van der Waals surface area contributed by atoms with Gasteiger partial charge in [0.2, 0.25) is 0 Å². The summed E-state index contributed by atoms with van der Waals surface area (Å²) in [7, 11) is 0. The quantitative estimate of drug-likeness (QED) is 0.476. The number of anilines is 1. The fourth-order valence-electron chi connectivity index (χ4n) is 4.48. The summed E-state index contributed by atoms with van der Waals surface area (Å²) in [6.07, 6.45) is 2.05. The van der Waals surface area contributed by atoms with Gasteiger partial charge in [0, 0.05) is 29.8 Å². The molecule has 9 heteroatoms. The monoisotopic (exact) mass is 453 g/mol. The van der Waals surface area contributed by atoms with Gasteiger partial charge in [-0.05, 0) is 38.5 Å². The second-order valence-corrected chi connectivity index (χ2v) is 8.98. The number of nitrogens with zero attached hydrogens (tertiary/aromatic N) is 3. The summed E-state index contributed by atoms with van der Waals surface area (Å²) in [6.45, 7) is 5.84. The number of fused-ring (bicyclic) bond motifs is 2. The van der Waals surface area contributed by atoms with E-state index in [9.17, 15) is 5.11 Å². The van der Waals surface area contributed by atoms with E-state index in [-0.39, 0.29) is 31.5 Å². The first-order valence-electron chi connectivity index (χ1n) is 11.5. The summed E-state index contributed by atoms with van der Waals surface area (Å²) >= 11 is 0. The van der Waals surface area contributed by atoms with Gasteiger partial charge in [0.15, 0.2) is 11.9 Å². The Bertz CT molecular complexity index is 1120. The van der Waals surface area contributed by atoms with E-state index in [1.54, 1.807) is 0 Å². The van der Waals surface area contributed by atoms with Crippen LogP contribution in [-0.4, -0.2) is 64.7 Å². The molecule has 0 amide bonds. The largest absolute Gasteiger partial charge is 0.491 e. The highest BCUT2D eigenvalue weighted by Gasteiger charge is 2.41. The van der Waals surface area contributed by atoms with E-state index in [1.807, 2.05) is 35.1 Å². The summed E-state index contributed by atoms with van der Waals surface area (Å²) < 4.78 is 19.2. The molecular weight excluding hydrogens is 422 g/mol. The lowest BCUT2D eigenvalue weighted by Gasteiger charge is -2.19. The van der Waals surface area contributed by atoms with Crippen molar-refractivity contribution < 1.29 is 19.3 Å². The Balaban J connectivity index is 1.50. The summed E-state index contributed by atoms with van der Waals surface area (Å²) in [6, 6.07) is 10.1. The number of nitrogens with two attached hydrogens (primary N) is 1. The topological polar surface area (TPSA) is 117 Å². The van der Waals surface area contributed by atoms with E-state index in [2.05, 4.69) is 30.3 Å². The molecule has 0 spiro atoms. The number of benzene rings is 1. The zero-order valence-corrected chi connectivity index (χ0v) is 19.0. The maximum Gasteiger partial charge on any atom is 0.162 e. The van der Waals surface area contributed by atoms with Crippen LogP contribution in [0.5, 0.6) is 5.75 Å². The van der Waals surface area contributed by atoms with E-state index in [4.69, 9.17) is 24.9 Å². The Morgan fingerprint density at radius 3 is 3.00 bits per heavy atom. The Hall–Kier alpha value is -2.72. The van der Waals surface area contributed by atoms with E-state index in [0.717, 1.165) is 41.0 Å². The molecule has 4 N–H and O–H groups in total. The second-order valence-electron chi connectivity index (χ2n) is 8.98. The lowest BCUT2D eigenvalue weighted by molar-refractivity contribution is -0.0904. The van der Waals surface area contributed by atoms with Crippen LogP contribution in [0.2, 0.25) is 0 Å². The Morgan fingerprint density at radius 1 is 1.30 bits per heavy atom. The highest BCUT2D eigenvalue weighted by atomic mass is 16.7. The van der Waals surface area contributed by atoms with Gasteiger partial charge in [0.25, 0.3) is 0 Å². The summed E-state index contributed by atoms with van der Waals surface area (Å²) in [5.74, 6) is 0.992. The van der Waals surface area contributed by atoms with Crippen LogP contribution in [-0.2, 0) is 9.47 Å². The highest BCUT2D eigenvalue weighted by molar-refractivity contribution is 5.92. The van der Waals surface area contributed by atoms with Crippen molar-refractivity contribution >= 4 is 16.7 Å². The molecule has 0 bridgehead atoms. The molecule has 2 fully saturated rings. The first-order valence-corrected chi connectivity index (χ1v) is 11.5. The van der Waals surface area contributed by atoms with Gasteiger partial charge >= 0.3 is 0 Å². The fraction of sp³-hybridized carbons (Fsp3) is 0.500. The van der Waals surface area contributed by atoms with Crippen LogP contribution in [0.3, 0.4) is 0 Å². The van der Waals surface area contributed by atoms with Crippen LogP contribution in [0, 0.1) is 5.92 Å². The molecule has 0 radical (unpaired) electrons. The minimum atomic E-state index is -0.698. The number of aliphatic hydroxyl groups excluding tert-OH is 1. The average Bonchev–Trinajstić information content (AvgIpc) is 3.54. The van der Waals surface area contributed by atoms with Gasteiger partial charge in [0.05, 0.1) is 36.5 Å². The number of rotatable bonds is 8. The fourth-order valence-corrected chi connectivity index (χ4v) is 4.48. The van der Waals surface area contributed by atoms with Crippen molar-refractivity contribution in [2.24, 2.45) is 11.7 Å². The standard InChI is InChI=1S/C24H31N5O4/c1-14(2)29-23-19(11-26-29)21(27-22-13-33-24-18(22)6-7-31-24)9-20(28-23)15-4-3-5-17(8-15)32-12-16(30)10-25/h3-5,8-9,11,14,16,18,22,24,30H,6-7,10,12-13,25H2,1-2H3,(H,27,28)/t16?,18-,22+,24+/m0/s1. The lowest BCUT2D eigenvalue weighted by atomic mass is 10.00. The number of aromatic nitrogens is 3. The molecule has 1 unspecified atom stereocenters. The molecule has 0 saturated carbocycles. The Morgan fingerprint density at radius 2 is 2.18 bits per heavy atom. The van der Waals surface area contributed by atoms with E-state index in [1.165, 1.54) is 0 Å². The molecule has 4 atom stereocenters. The molecule has 5 rings (SSSR count). The van der Waals surface area contributed by atoms with Gasteiger partial charge in [-0.15, -0.1) is 0 Å². The molecule has 176 valence electrons. The number of ether oxygens (including phenoxy) is 3. The number of pyridine rings is 1. The minimum Gasteiger partial charge on any atom is -0.491 e. The maximum atomic E-state index is 9.72. The van der Waals surface area contributed by atoms with Crippen molar-refractivity contribution in [2.75, 3.05) is 31.7 Å². The van der Waals surface area contributed by atoms with Crippen LogP contribution >= 0.6 is 0 Å². The van der Waals surface area contributed by atoms with Crippen LogP contribution in [0.4, 0.5) is 5.69 Å². The van der Waals surface area contributed by atoms with Crippen molar-refractivity contribution in [3.05, 3.63) is 36.5 Å². The van der Waals surface area contributed by atoms with Crippen molar-refractivity contribution in [3.63, 3.8) is 0 Å². The van der Waals surface area contributed by atoms with Crippen LogP contribution < -0.4 is 15.8 Å². The van der Waals surface area contributed by atoms with Crippen LogP contribution in [0.15, 0.2) is 36.5 Å². The van der Waals surface area contributed by atoms with E-state index in [0.29, 0.717) is 18.3 Å². The second kappa shape index (κ2) is 9.26. The summed E-state index contributed by atoms with van der Waals surface area (Å²) in [5, 5.41) is 19.0. The predicted molar refractivity (Wildman–Crippen MR) is 125 cm³/mol. The zero-order valence-electron chi connectivity index (χ0n) is 19.0. The number of hydrogen-bond acceptors (Lipinski definition) is 8. The first-order chi connectivity index (χ1) is 16.0. The van der Waals surface area contributed by atoms with Crippen molar-refractivity contribution in [1.29, 1.82) is 0 Å². The minimum absolute atomic E-state index is 0.115. The molecule has 2 aliphatic rings. The SMILES string of the molecule is CC(C)n1ncc2c(N[C@@H]3CO[C@H]4OCC[C@H]43)cc(-c3cccc(OCC(O)CN)c3)nc21. The molecule has 9 nitrogen and oxygen atoms in total. The third-order valence-corrected chi connectivity index (χ3v) is 6.28. The summed E-state index contributed by atoms with van der Waals surface area (Å²) in [5.41, 5.74) is 9.02. The number of nitrogens with one attached hydrogen (secondary N) is 1. The highest BCUT2D eigenvalue weighted by Crippen LogP contribution is 2.36. The Kier molecular flexibility index (Phi) is 6.20. The lowest BCUT2D eigenvalue weighted by Crippen LogP contribution is -2.28. The van der Waals surface area contributed by atoms with Gasteiger partial charge in [-0.2, -0.15) is 5.10 Å². The van der Waals surface area contributed by atoms with Gasteiger partial charge in [-0.25, -0.2) is 9.67 Å².